The highest BCUT2D eigenvalue weighted by atomic mass is 16.6. The molecule has 3 unspecified atom stereocenters. The number of aliphatic hydroxyl groups excluding tert-OH is 2. The van der Waals surface area contributed by atoms with Gasteiger partial charge in [0.15, 0.2) is 18.7 Å². The van der Waals surface area contributed by atoms with Crippen LogP contribution in [0.5, 0.6) is 17.2 Å². The van der Waals surface area contributed by atoms with Crippen LogP contribution in [0.2, 0.25) is 0 Å². The van der Waals surface area contributed by atoms with Gasteiger partial charge in [-0.05, 0) is 26.7 Å². The van der Waals surface area contributed by atoms with Crippen LogP contribution in [0.15, 0.2) is 44.8 Å². The second kappa shape index (κ2) is 13.3. The molecule has 2 aromatic rings. The van der Waals surface area contributed by atoms with Crippen molar-refractivity contribution in [2.75, 3.05) is 27.0 Å². The van der Waals surface area contributed by atoms with Crippen molar-refractivity contribution in [3.05, 3.63) is 46.5 Å². The normalized spacial score (nSPS) is 21.5. The maximum absolute atomic E-state index is 13.2. The molecule has 49 heavy (non-hydrogen) atoms. The molecule has 0 spiro atoms. The number of rotatable bonds is 12. The number of aromatic nitrogens is 2. The standard InChI is InChI=1S/C32H35N7O10/c1-4-47-29(44)26-18(13-41)16(6-9-38-10-8-34-31(38)39-15-35-22-27(39)36-30(33)37-28(22)43)21-24(46-3)17-12-20(32(2,45)7-5-11-40)48-23(17)19(14-42)25(21)49-26/h6,8,10,13,20,40,42,45H,4-5,7,9,11-12,14-15H2,1-3H3,(H2,33,37,43). The fourth-order valence-corrected chi connectivity index (χ4v) is 6.37. The van der Waals surface area contributed by atoms with Gasteiger partial charge in [-0.15, -0.1) is 0 Å². The summed E-state index contributed by atoms with van der Waals surface area (Å²) in [6.07, 6.45) is 5.31. The molecule has 258 valence electrons. The largest absolute Gasteiger partial charge is 0.857 e. The Labute approximate surface area is 279 Å². The summed E-state index contributed by atoms with van der Waals surface area (Å²) in [5.41, 5.74) is -0.237. The van der Waals surface area contributed by atoms with Crippen LogP contribution in [-0.2, 0) is 33.9 Å². The number of quaternary nitrogens is 1. The monoisotopic (exact) mass is 677 g/mol. The number of allylic oxidation sites excluding steroid dienone is 3. The third-order valence-corrected chi connectivity index (χ3v) is 8.69. The number of nitrogens with one attached hydrogen (secondary N) is 2. The van der Waals surface area contributed by atoms with Crippen molar-refractivity contribution in [3.63, 3.8) is 0 Å². The van der Waals surface area contributed by atoms with Gasteiger partial charge in [-0.25, -0.2) is 19.7 Å². The van der Waals surface area contributed by atoms with Gasteiger partial charge in [0, 0.05) is 42.8 Å². The van der Waals surface area contributed by atoms with Crippen LogP contribution in [0.3, 0.4) is 0 Å². The highest BCUT2D eigenvalue weighted by molar-refractivity contribution is 6.66. The molecular weight excluding hydrogens is 642 g/mol. The van der Waals surface area contributed by atoms with Crippen LogP contribution in [0.4, 0.5) is 5.95 Å². The molecule has 5 N–H and O–H groups in total. The summed E-state index contributed by atoms with van der Waals surface area (Å²) in [5.74, 6) is -1.29. The number of carbonyl (C=O) groups is 2. The number of aliphatic hydroxyl groups is 3. The number of aliphatic imine (C=N–C) groups is 3. The molecule has 17 heteroatoms. The lowest BCUT2D eigenvalue weighted by atomic mass is 9.86. The molecule has 6 rings (SSSR count). The third-order valence-electron chi connectivity index (χ3n) is 8.69. The number of esters is 1. The SMILES string of the molecule is CCOC(=O)C1=C(C=O)C(=CCn2ccnc2[NH+]2CN=C3C([O-])=NC(=N)N=C32)c2c(OC)c3c(c(CO)c2O1)OC(C(C)(O)CCCO)C3. The number of methoxy groups -OCH3 is 1. The highest BCUT2D eigenvalue weighted by Gasteiger charge is 2.45. The molecule has 1 aromatic carbocycles. The van der Waals surface area contributed by atoms with Crippen LogP contribution in [0.1, 0.15) is 43.4 Å². The van der Waals surface area contributed by atoms with Gasteiger partial charge < -0.3 is 39.4 Å². The molecule has 0 radical (unpaired) electrons. The zero-order valence-electron chi connectivity index (χ0n) is 27.0. The van der Waals surface area contributed by atoms with Crippen molar-refractivity contribution < 1.29 is 53.9 Å². The highest BCUT2D eigenvalue weighted by Crippen LogP contribution is 2.54. The van der Waals surface area contributed by atoms with Crippen molar-refractivity contribution >= 4 is 47.2 Å². The number of hydrogen-bond donors (Lipinski definition) is 5. The zero-order chi connectivity index (χ0) is 35.0. The molecule has 5 heterocycles. The van der Waals surface area contributed by atoms with E-state index in [0.29, 0.717) is 29.1 Å². The van der Waals surface area contributed by atoms with Gasteiger partial charge in [0.2, 0.25) is 11.7 Å². The number of amidine groups is 1. The second-order valence-electron chi connectivity index (χ2n) is 11.7. The average Bonchev–Trinajstić information content (AvgIpc) is 3.83. The average molecular weight is 678 g/mol. The quantitative estimate of drug-likeness (QED) is 0.131. The minimum Gasteiger partial charge on any atom is -0.857 e. The summed E-state index contributed by atoms with van der Waals surface area (Å²) < 4.78 is 25.2. The first-order chi connectivity index (χ1) is 23.6. The van der Waals surface area contributed by atoms with Crippen molar-refractivity contribution in [1.82, 2.24) is 9.55 Å². The van der Waals surface area contributed by atoms with Crippen LogP contribution in [0, 0.1) is 5.41 Å². The van der Waals surface area contributed by atoms with Crippen LogP contribution in [0.25, 0.3) is 5.57 Å². The minimum atomic E-state index is -1.36. The molecule has 0 saturated carbocycles. The van der Waals surface area contributed by atoms with Gasteiger partial charge in [-0.3, -0.25) is 14.8 Å². The first kappa shape index (κ1) is 33.7. The van der Waals surface area contributed by atoms with Crippen molar-refractivity contribution in [2.24, 2.45) is 15.0 Å². The number of aldehydes is 1. The molecular formula is C32H35N7O10. The fraction of sp³-hybridized carbons (Fsp3) is 0.406. The Morgan fingerprint density at radius 1 is 1.31 bits per heavy atom. The van der Waals surface area contributed by atoms with E-state index >= 15 is 0 Å². The Hall–Kier alpha value is -5.23. The van der Waals surface area contributed by atoms with Crippen molar-refractivity contribution in [2.45, 2.75) is 58.0 Å². The van der Waals surface area contributed by atoms with E-state index in [1.54, 1.807) is 30.7 Å². The molecule has 0 aliphatic carbocycles. The Bertz CT molecular complexity index is 1890. The first-order valence-corrected chi connectivity index (χ1v) is 15.6. The molecule has 4 aliphatic rings. The molecule has 0 fully saturated rings. The van der Waals surface area contributed by atoms with E-state index in [-0.39, 0.29) is 90.3 Å². The molecule has 1 aromatic heterocycles. The number of nitrogens with zero attached hydrogens (tertiary/aromatic N) is 5. The van der Waals surface area contributed by atoms with E-state index in [4.69, 9.17) is 24.4 Å². The van der Waals surface area contributed by atoms with Gasteiger partial charge in [0.1, 0.15) is 23.4 Å². The molecule has 3 atom stereocenters. The summed E-state index contributed by atoms with van der Waals surface area (Å²) in [5, 5.41) is 51.4. The number of imidazole rings is 1. The lowest BCUT2D eigenvalue weighted by Crippen LogP contribution is -3.10. The number of benzene rings is 1. The fourth-order valence-electron chi connectivity index (χ4n) is 6.37. The molecule has 0 saturated heterocycles. The Morgan fingerprint density at radius 2 is 2.10 bits per heavy atom. The van der Waals surface area contributed by atoms with E-state index in [1.165, 1.54) is 13.3 Å². The number of ether oxygens (including phenoxy) is 4. The van der Waals surface area contributed by atoms with E-state index in [1.807, 2.05) is 0 Å². The van der Waals surface area contributed by atoms with E-state index in [0.717, 1.165) is 0 Å². The number of hydrogen-bond acceptors (Lipinski definition) is 13. The van der Waals surface area contributed by atoms with Crippen molar-refractivity contribution in [3.8, 4) is 17.2 Å². The van der Waals surface area contributed by atoms with Gasteiger partial charge in [-0.1, -0.05) is 6.08 Å². The molecule has 0 bridgehead atoms. The van der Waals surface area contributed by atoms with Crippen LogP contribution in [-0.4, -0.2) is 99.2 Å². The van der Waals surface area contributed by atoms with E-state index in [9.17, 15) is 30.0 Å². The summed E-state index contributed by atoms with van der Waals surface area (Å²) in [6.45, 7) is 2.65. The van der Waals surface area contributed by atoms with Gasteiger partial charge in [0.05, 0.1) is 48.8 Å². The lowest BCUT2D eigenvalue weighted by Gasteiger charge is -2.29. The number of guanidine groups is 1. The predicted octanol–water partition coefficient (Wildman–Crippen LogP) is -1.26. The maximum atomic E-state index is 13.2. The zero-order valence-corrected chi connectivity index (χ0v) is 27.0. The maximum Gasteiger partial charge on any atom is 0.375 e. The molecule has 0 amide bonds. The summed E-state index contributed by atoms with van der Waals surface area (Å²) in [7, 11) is 1.42. The number of carbonyl (C=O) groups excluding carboxylic acids is 2. The summed E-state index contributed by atoms with van der Waals surface area (Å²) >= 11 is 0. The first-order valence-electron chi connectivity index (χ1n) is 15.6. The van der Waals surface area contributed by atoms with Gasteiger partial charge in [0.25, 0.3) is 5.84 Å². The summed E-state index contributed by atoms with van der Waals surface area (Å²) in [6, 6.07) is 0. The number of fused-ring (bicyclic) bond motifs is 3. The third kappa shape index (κ3) is 5.79. The second-order valence-corrected chi connectivity index (χ2v) is 11.7. The molecule has 4 aliphatic heterocycles. The topological polar surface area (TPSA) is 238 Å². The van der Waals surface area contributed by atoms with Crippen LogP contribution < -0.4 is 24.2 Å². The van der Waals surface area contributed by atoms with E-state index in [2.05, 4.69) is 20.0 Å². The van der Waals surface area contributed by atoms with Crippen molar-refractivity contribution in [1.29, 1.82) is 5.41 Å². The van der Waals surface area contributed by atoms with E-state index < -0.39 is 41.9 Å². The Kier molecular flexibility index (Phi) is 9.17. The lowest BCUT2D eigenvalue weighted by molar-refractivity contribution is -0.730. The van der Waals surface area contributed by atoms with Crippen LogP contribution >= 0.6 is 0 Å². The van der Waals surface area contributed by atoms with Gasteiger partial charge in [-0.2, -0.15) is 9.98 Å². The Balaban J connectivity index is 1.47. The van der Waals surface area contributed by atoms with Gasteiger partial charge >= 0.3 is 11.9 Å². The minimum absolute atomic E-state index is 0.00395. The smallest absolute Gasteiger partial charge is 0.375 e. The predicted molar refractivity (Wildman–Crippen MR) is 170 cm³/mol. The summed E-state index contributed by atoms with van der Waals surface area (Å²) in [4.78, 5) is 42.8. The molecule has 17 nitrogen and oxygen atoms in total. The Morgan fingerprint density at radius 3 is 2.80 bits per heavy atom.